The van der Waals surface area contributed by atoms with Gasteiger partial charge in [-0.25, -0.2) is 0 Å². The van der Waals surface area contributed by atoms with Crippen LogP contribution in [0.5, 0.6) is 0 Å². The van der Waals surface area contributed by atoms with Gasteiger partial charge in [-0.15, -0.1) is 0 Å². The van der Waals surface area contributed by atoms with E-state index in [1.807, 2.05) is 13.8 Å². The van der Waals surface area contributed by atoms with Crippen molar-refractivity contribution in [3.05, 3.63) is 0 Å². The molecule has 0 aliphatic heterocycles. The third-order valence-electron chi connectivity index (χ3n) is 1.03. The smallest absolute Gasteiger partial charge is 0.278 e. The van der Waals surface area contributed by atoms with Crippen molar-refractivity contribution in [2.24, 2.45) is 0 Å². The van der Waals surface area contributed by atoms with E-state index >= 15 is 0 Å². The van der Waals surface area contributed by atoms with Crippen LogP contribution in [0.3, 0.4) is 0 Å². The molecule has 0 aromatic rings. The van der Waals surface area contributed by atoms with Crippen LogP contribution in [0.1, 0.15) is 13.8 Å². The molecule has 11 heavy (non-hydrogen) atoms. The topological polar surface area (TPSA) is 115 Å². The molecule has 0 rings (SSSR count). The van der Waals surface area contributed by atoms with Gasteiger partial charge in [-0.1, -0.05) is 12.6 Å². The Hall–Kier alpha value is -0.300. The molecule has 0 aromatic carbocycles. The molecule has 0 saturated carbocycles. The molecule has 0 aliphatic carbocycles. The van der Waals surface area contributed by atoms with Gasteiger partial charge in [-0.2, -0.15) is 0 Å². The van der Waals surface area contributed by atoms with Gasteiger partial charge in [0.1, 0.15) is 0 Å². The molecule has 72 valence electrons. The van der Waals surface area contributed by atoms with Gasteiger partial charge in [0, 0.05) is 13.1 Å². The quantitative estimate of drug-likeness (QED) is 0.543. The van der Waals surface area contributed by atoms with Crippen LogP contribution in [0.4, 0.5) is 4.79 Å². The summed E-state index contributed by atoms with van der Waals surface area (Å²) in [5.74, 6) is 0. The number of hydrogen-bond acceptors (Lipinski definition) is 1. The van der Waals surface area contributed by atoms with Crippen molar-refractivity contribution in [2.45, 2.75) is 13.8 Å². The Labute approximate surface area is 71.7 Å². The summed E-state index contributed by atoms with van der Waals surface area (Å²) < 4.78 is 0. The molecule has 1 amide bonds. The minimum absolute atomic E-state index is 0. The minimum Gasteiger partial charge on any atom is -0.412 e. The Morgan fingerprint density at radius 1 is 1.18 bits per heavy atom. The first-order valence-corrected chi connectivity index (χ1v) is 3.15. The number of carbonyl (C=O) groups is 1. The van der Waals surface area contributed by atoms with E-state index in [1.165, 1.54) is 0 Å². The Morgan fingerprint density at radius 2 is 1.45 bits per heavy atom. The van der Waals surface area contributed by atoms with E-state index in [2.05, 4.69) is 12.6 Å². The van der Waals surface area contributed by atoms with Crippen molar-refractivity contribution >= 4 is 17.9 Å². The molecule has 0 radical (unpaired) electrons. The Kier molecular flexibility index (Phi) is 25.2. The number of rotatable bonds is 2. The Balaban J connectivity index is -0.0000000817. The largest absolute Gasteiger partial charge is 0.412 e. The molecule has 0 spiro atoms. The Morgan fingerprint density at radius 3 is 1.45 bits per heavy atom. The summed E-state index contributed by atoms with van der Waals surface area (Å²) in [7, 11) is 0. The monoisotopic (exact) mass is 187 g/mol. The van der Waals surface area contributed by atoms with E-state index in [-0.39, 0.29) is 21.7 Å². The zero-order chi connectivity index (χ0) is 6.57. The molecule has 0 heterocycles. The molecule has 0 aliphatic rings. The fourth-order valence-electron chi connectivity index (χ4n) is 0.494. The first-order chi connectivity index (χ1) is 3.72. The molecule has 0 bridgehead atoms. The van der Waals surface area contributed by atoms with Gasteiger partial charge in [-0.05, 0) is 13.8 Å². The van der Waals surface area contributed by atoms with Crippen molar-refractivity contribution in [1.29, 1.82) is 0 Å². The summed E-state index contributed by atoms with van der Waals surface area (Å²) in [6.07, 6.45) is 0. The van der Waals surface area contributed by atoms with Gasteiger partial charge in [0.2, 0.25) is 0 Å². The fraction of sp³-hybridized carbons (Fsp3) is 0.800. The van der Waals surface area contributed by atoms with Crippen LogP contribution in [0.25, 0.3) is 0 Å². The van der Waals surface area contributed by atoms with Gasteiger partial charge in [-0.3, -0.25) is 4.79 Å². The van der Waals surface area contributed by atoms with Crippen LogP contribution in [-0.4, -0.2) is 39.7 Å². The molecular weight excluding hydrogens is 170 g/mol. The molecule has 6 heteroatoms. The molecule has 0 fully saturated rings. The highest BCUT2D eigenvalue weighted by Crippen LogP contribution is 1.92. The predicted octanol–water partition coefficient (Wildman–Crippen LogP) is -1.10. The highest BCUT2D eigenvalue weighted by molar-refractivity contribution is 7.96. The molecule has 6 N–H and O–H groups in total. The second-order valence-electron chi connectivity index (χ2n) is 1.45. The van der Waals surface area contributed by atoms with E-state index in [0.717, 1.165) is 13.1 Å². The summed E-state index contributed by atoms with van der Waals surface area (Å²) in [5, 5.41) is -0.144. The van der Waals surface area contributed by atoms with Crippen LogP contribution in [-0.2, 0) is 0 Å². The van der Waals surface area contributed by atoms with Gasteiger partial charge in [0.15, 0.2) is 0 Å². The van der Waals surface area contributed by atoms with Gasteiger partial charge >= 0.3 is 0 Å². The van der Waals surface area contributed by atoms with Crippen molar-refractivity contribution in [1.82, 2.24) is 4.90 Å². The summed E-state index contributed by atoms with van der Waals surface area (Å²) >= 11 is 3.64. The number of nitrogens with zero attached hydrogens (tertiary/aromatic N) is 1. The number of thiol groups is 1. The maximum atomic E-state index is 10.4. The van der Waals surface area contributed by atoms with Crippen molar-refractivity contribution < 1.29 is 21.2 Å². The summed E-state index contributed by atoms with van der Waals surface area (Å²) in [6, 6.07) is 0. The van der Waals surface area contributed by atoms with E-state index in [1.54, 1.807) is 4.90 Å². The minimum atomic E-state index is -0.144. The lowest BCUT2D eigenvalue weighted by Gasteiger charge is -2.13. The molecular formula is C5H17NO4S. The lowest BCUT2D eigenvalue weighted by atomic mass is 10.6. The van der Waals surface area contributed by atoms with Crippen molar-refractivity contribution in [3.8, 4) is 0 Å². The zero-order valence-corrected chi connectivity index (χ0v) is 7.61. The van der Waals surface area contributed by atoms with Crippen LogP contribution >= 0.6 is 12.6 Å². The second kappa shape index (κ2) is 12.4. The summed E-state index contributed by atoms with van der Waals surface area (Å²) in [5.41, 5.74) is 0. The van der Waals surface area contributed by atoms with Crippen molar-refractivity contribution in [2.75, 3.05) is 13.1 Å². The lowest BCUT2D eigenvalue weighted by molar-refractivity contribution is 0.229. The first kappa shape index (κ1) is 22.4. The van der Waals surface area contributed by atoms with E-state index in [9.17, 15) is 4.79 Å². The summed E-state index contributed by atoms with van der Waals surface area (Å²) in [6.45, 7) is 5.35. The lowest BCUT2D eigenvalue weighted by Crippen LogP contribution is -2.24. The molecule has 5 nitrogen and oxygen atoms in total. The Bertz CT molecular complexity index is 86.6. The summed E-state index contributed by atoms with van der Waals surface area (Å²) in [4.78, 5) is 12.0. The molecule has 0 aromatic heterocycles. The van der Waals surface area contributed by atoms with E-state index in [0.29, 0.717) is 0 Å². The van der Waals surface area contributed by atoms with Gasteiger partial charge in [0.25, 0.3) is 5.24 Å². The predicted molar refractivity (Wildman–Crippen MR) is 48.1 cm³/mol. The highest BCUT2D eigenvalue weighted by Gasteiger charge is 2.00. The fourth-order valence-corrected chi connectivity index (χ4v) is 0.777. The average Bonchev–Trinajstić information content (AvgIpc) is 1.69. The maximum Gasteiger partial charge on any atom is 0.278 e. The number of carbonyl (C=O) groups excluding carboxylic acids is 1. The first-order valence-electron chi connectivity index (χ1n) is 2.70. The van der Waals surface area contributed by atoms with Crippen LogP contribution in [0.2, 0.25) is 0 Å². The zero-order valence-electron chi connectivity index (χ0n) is 6.72. The molecule has 0 atom stereocenters. The van der Waals surface area contributed by atoms with Crippen molar-refractivity contribution in [3.63, 3.8) is 0 Å². The maximum absolute atomic E-state index is 10.4. The molecule has 0 saturated heterocycles. The van der Waals surface area contributed by atoms with E-state index < -0.39 is 0 Å². The van der Waals surface area contributed by atoms with Gasteiger partial charge in [0.05, 0.1) is 0 Å². The third kappa shape index (κ3) is 9.70. The van der Waals surface area contributed by atoms with Crippen LogP contribution in [0.15, 0.2) is 0 Å². The SMILES string of the molecule is CCN(CC)C(=O)S.O.O.O. The third-order valence-corrected chi connectivity index (χ3v) is 1.32. The number of hydrogen-bond donors (Lipinski definition) is 1. The number of amides is 1. The van der Waals surface area contributed by atoms with Gasteiger partial charge < -0.3 is 21.3 Å². The molecule has 0 unspecified atom stereocenters. The highest BCUT2D eigenvalue weighted by atomic mass is 32.1. The second-order valence-corrected chi connectivity index (χ2v) is 1.84. The average molecular weight is 187 g/mol. The standard InChI is InChI=1S/C5H11NOS.3H2O/c1-3-6(4-2)5(7)8;;;/h3-4H2,1-2H3,(H,7,8);3*1H2. The van der Waals surface area contributed by atoms with Crippen LogP contribution in [0, 0.1) is 0 Å². The normalized spacial score (nSPS) is 6.45. The van der Waals surface area contributed by atoms with E-state index in [4.69, 9.17) is 0 Å². The van der Waals surface area contributed by atoms with Crippen LogP contribution < -0.4 is 0 Å².